The molecular formula is C36H77NO. The van der Waals surface area contributed by atoms with E-state index in [1.165, 1.54) is 167 Å². The third kappa shape index (κ3) is 33.9. The first-order valence-corrected chi connectivity index (χ1v) is 17.8. The molecule has 0 amide bonds. The minimum absolute atomic E-state index is 0.383. The first kappa shape index (κ1) is 40.1. The lowest BCUT2D eigenvalue weighted by Gasteiger charge is -2.19. The van der Waals surface area contributed by atoms with Crippen molar-refractivity contribution in [2.75, 3.05) is 27.2 Å². The Labute approximate surface area is 243 Å². The van der Waals surface area contributed by atoms with Gasteiger partial charge in [0.25, 0.3) is 0 Å². The molecule has 0 rings (SSSR count). The average molecular weight is 540 g/mol. The highest BCUT2D eigenvalue weighted by atomic mass is 16.3. The minimum atomic E-state index is 0.383. The summed E-state index contributed by atoms with van der Waals surface area (Å²) in [5, 5.41) is 9.11. The molecule has 0 aromatic carbocycles. The summed E-state index contributed by atoms with van der Waals surface area (Å²) in [4.78, 5) is 2.35. The Hall–Kier alpha value is -0.0800. The second-order valence-corrected chi connectivity index (χ2v) is 12.6. The van der Waals surface area contributed by atoms with Crippen molar-refractivity contribution in [2.45, 2.75) is 195 Å². The third-order valence-corrected chi connectivity index (χ3v) is 8.39. The zero-order chi connectivity index (χ0) is 28.5. The fourth-order valence-corrected chi connectivity index (χ4v) is 5.64. The van der Waals surface area contributed by atoms with E-state index in [4.69, 9.17) is 5.11 Å². The van der Waals surface area contributed by atoms with E-state index in [2.05, 4.69) is 46.7 Å². The van der Waals surface area contributed by atoms with Crippen LogP contribution < -0.4 is 0 Å². The predicted octanol–water partition coefficient (Wildman–Crippen LogP) is 12.0. The minimum Gasteiger partial charge on any atom is -0.396 e. The van der Waals surface area contributed by atoms with Crippen LogP contribution in [0.25, 0.3) is 0 Å². The Morgan fingerprint density at radius 1 is 0.395 bits per heavy atom. The normalized spacial score (nSPS) is 12.9. The molecule has 2 nitrogen and oxygen atoms in total. The van der Waals surface area contributed by atoms with Crippen LogP contribution >= 0.6 is 0 Å². The van der Waals surface area contributed by atoms with Gasteiger partial charge in [0.15, 0.2) is 0 Å². The standard InChI is InChI=1S/C19H41N.C17H36O/c1-5-7-9-11-12-14-16-19(17-18-20(3)4)15-13-10-8-6-2;1-3-5-7-9-10-12-14-17(15-16-18)13-11-8-6-4-2/h19H,5-18H2,1-4H3;17-18H,3-16H2,1-2H3. The smallest absolute Gasteiger partial charge is 0.0433 e. The molecule has 232 valence electrons. The SMILES string of the molecule is CCCCCCCCC(CCCCCC)CCN(C)C.CCCCCCCCC(CCO)CCCCCC. The van der Waals surface area contributed by atoms with Crippen LogP contribution in [0.15, 0.2) is 0 Å². The van der Waals surface area contributed by atoms with Crippen molar-refractivity contribution in [3.8, 4) is 0 Å². The van der Waals surface area contributed by atoms with E-state index in [0.29, 0.717) is 6.61 Å². The van der Waals surface area contributed by atoms with Gasteiger partial charge in [0.2, 0.25) is 0 Å². The van der Waals surface area contributed by atoms with Crippen LogP contribution in [0.5, 0.6) is 0 Å². The highest BCUT2D eigenvalue weighted by Crippen LogP contribution is 2.23. The lowest BCUT2D eigenvalue weighted by Crippen LogP contribution is -2.17. The molecule has 0 spiro atoms. The van der Waals surface area contributed by atoms with Crippen molar-refractivity contribution in [2.24, 2.45) is 11.8 Å². The molecule has 0 radical (unpaired) electrons. The maximum absolute atomic E-state index is 9.11. The zero-order valence-corrected chi connectivity index (χ0v) is 27.8. The molecule has 0 aromatic heterocycles. The van der Waals surface area contributed by atoms with Gasteiger partial charge in [-0.15, -0.1) is 0 Å². The largest absolute Gasteiger partial charge is 0.396 e. The lowest BCUT2D eigenvalue weighted by molar-refractivity contribution is 0.241. The quantitative estimate of drug-likeness (QED) is 0.0955. The van der Waals surface area contributed by atoms with Crippen LogP contribution in [0.3, 0.4) is 0 Å². The van der Waals surface area contributed by atoms with Gasteiger partial charge in [-0.25, -0.2) is 0 Å². The van der Waals surface area contributed by atoms with Crippen molar-refractivity contribution in [1.82, 2.24) is 4.90 Å². The summed E-state index contributed by atoms with van der Waals surface area (Å²) < 4.78 is 0. The number of rotatable bonds is 29. The van der Waals surface area contributed by atoms with Crippen LogP contribution in [0.2, 0.25) is 0 Å². The van der Waals surface area contributed by atoms with E-state index >= 15 is 0 Å². The first-order chi connectivity index (χ1) is 18.5. The Bertz CT molecular complexity index is 397. The van der Waals surface area contributed by atoms with Crippen molar-refractivity contribution in [3.63, 3.8) is 0 Å². The monoisotopic (exact) mass is 540 g/mol. The maximum Gasteiger partial charge on any atom is 0.0433 e. The molecule has 2 heteroatoms. The highest BCUT2D eigenvalue weighted by Gasteiger charge is 2.09. The maximum atomic E-state index is 9.11. The number of nitrogens with zero attached hydrogens (tertiary/aromatic N) is 1. The summed E-state index contributed by atoms with van der Waals surface area (Å²) in [6.07, 6.45) is 36.2. The topological polar surface area (TPSA) is 23.5 Å². The molecule has 0 aliphatic heterocycles. The molecule has 0 saturated heterocycles. The van der Waals surface area contributed by atoms with Crippen LogP contribution in [-0.4, -0.2) is 37.3 Å². The van der Waals surface area contributed by atoms with Crippen molar-refractivity contribution in [1.29, 1.82) is 0 Å². The highest BCUT2D eigenvalue weighted by molar-refractivity contribution is 4.63. The summed E-state index contributed by atoms with van der Waals surface area (Å²) in [5.74, 6) is 1.78. The molecule has 0 aliphatic carbocycles. The number of hydrogen-bond acceptors (Lipinski definition) is 2. The molecule has 0 saturated carbocycles. The van der Waals surface area contributed by atoms with E-state index in [9.17, 15) is 0 Å². The van der Waals surface area contributed by atoms with Crippen molar-refractivity contribution < 1.29 is 5.11 Å². The van der Waals surface area contributed by atoms with Crippen LogP contribution in [-0.2, 0) is 0 Å². The molecule has 2 unspecified atom stereocenters. The van der Waals surface area contributed by atoms with E-state index in [1.54, 1.807) is 0 Å². The Morgan fingerprint density at radius 3 is 1.00 bits per heavy atom. The van der Waals surface area contributed by atoms with Crippen molar-refractivity contribution >= 4 is 0 Å². The summed E-state index contributed by atoms with van der Waals surface area (Å²) >= 11 is 0. The molecular weight excluding hydrogens is 462 g/mol. The Balaban J connectivity index is 0. The van der Waals surface area contributed by atoms with E-state index < -0.39 is 0 Å². The molecule has 0 aromatic rings. The second kappa shape index (κ2) is 34.9. The van der Waals surface area contributed by atoms with Gasteiger partial charge in [-0.2, -0.15) is 0 Å². The number of unbranched alkanes of at least 4 members (excludes halogenated alkanes) is 16. The van der Waals surface area contributed by atoms with Gasteiger partial charge in [-0.3, -0.25) is 0 Å². The van der Waals surface area contributed by atoms with Gasteiger partial charge < -0.3 is 10.0 Å². The molecule has 0 heterocycles. The average Bonchev–Trinajstić information content (AvgIpc) is 2.91. The van der Waals surface area contributed by atoms with E-state index in [-0.39, 0.29) is 0 Å². The molecule has 0 aliphatic rings. The Morgan fingerprint density at radius 2 is 0.684 bits per heavy atom. The number of aliphatic hydroxyl groups is 1. The summed E-state index contributed by atoms with van der Waals surface area (Å²) in [5.41, 5.74) is 0. The van der Waals surface area contributed by atoms with Crippen LogP contribution in [0.1, 0.15) is 195 Å². The summed E-state index contributed by atoms with van der Waals surface area (Å²) in [7, 11) is 4.41. The summed E-state index contributed by atoms with van der Waals surface area (Å²) in [6.45, 7) is 10.8. The molecule has 0 bridgehead atoms. The number of hydrogen-bond donors (Lipinski definition) is 1. The predicted molar refractivity (Wildman–Crippen MR) is 175 cm³/mol. The summed E-state index contributed by atoms with van der Waals surface area (Å²) in [6, 6.07) is 0. The van der Waals surface area contributed by atoms with Gasteiger partial charge in [0, 0.05) is 6.61 Å². The van der Waals surface area contributed by atoms with Crippen molar-refractivity contribution in [3.05, 3.63) is 0 Å². The van der Waals surface area contributed by atoms with E-state index in [0.717, 1.165) is 18.3 Å². The van der Waals surface area contributed by atoms with Crippen LogP contribution in [0.4, 0.5) is 0 Å². The fraction of sp³-hybridized carbons (Fsp3) is 1.00. The fourth-order valence-electron chi connectivity index (χ4n) is 5.64. The van der Waals surface area contributed by atoms with Gasteiger partial charge in [0.05, 0.1) is 0 Å². The van der Waals surface area contributed by atoms with Crippen LogP contribution in [0, 0.1) is 11.8 Å². The number of aliphatic hydroxyl groups excluding tert-OH is 1. The molecule has 0 fully saturated rings. The second-order valence-electron chi connectivity index (χ2n) is 12.6. The zero-order valence-electron chi connectivity index (χ0n) is 27.8. The first-order valence-electron chi connectivity index (χ1n) is 17.8. The molecule has 38 heavy (non-hydrogen) atoms. The van der Waals surface area contributed by atoms with Gasteiger partial charge >= 0.3 is 0 Å². The Kier molecular flexibility index (Phi) is 36.8. The van der Waals surface area contributed by atoms with Gasteiger partial charge in [0.1, 0.15) is 0 Å². The molecule has 2 atom stereocenters. The van der Waals surface area contributed by atoms with Gasteiger partial charge in [-0.1, -0.05) is 182 Å². The molecule has 1 N–H and O–H groups in total. The van der Waals surface area contributed by atoms with Gasteiger partial charge in [-0.05, 0) is 45.3 Å². The lowest BCUT2D eigenvalue weighted by atomic mass is 9.91. The van der Waals surface area contributed by atoms with E-state index in [1.807, 2.05) is 0 Å². The third-order valence-electron chi connectivity index (χ3n) is 8.39.